The second kappa shape index (κ2) is 10.8. The van der Waals surface area contributed by atoms with Crippen LogP contribution in [0.15, 0.2) is 23.3 Å². The molecule has 0 aliphatic heterocycles. The van der Waals surface area contributed by atoms with Crippen molar-refractivity contribution in [3.63, 3.8) is 0 Å². The Morgan fingerprint density at radius 1 is 1.32 bits per heavy atom. The summed E-state index contributed by atoms with van der Waals surface area (Å²) in [5, 5.41) is 9.27. The number of halogens is 1. The van der Waals surface area contributed by atoms with Gasteiger partial charge in [0.15, 0.2) is 5.96 Å². The lowest BCUT2D eigenvalue weighted by Gasteiger charge is -2.12. The standard InChI is InChI=1S/C14H22ClN5O2/c1-16-14(20-10-13(21)17-7-8-22-2)18-6-5-11-3-4-12(15)19-9-11/h3-4,9H,5-8,10H2,1-2H3,(H,17,21)(H2,16,18,20). The van der Waals surface area contributed by atoms with Gasteiger partial charge >= 0.3 is 0 Å². The van der Waals surface area contributed by atoms with Gasteiger partial charge < -0.3 is 20.7 Å². The van der Waals surface area contributed by atoms with Crippen LogP contribution >= 0.6 is 11.6 Å². The van der Waals surface area contributed by atoms with Gasteiger partial charge in [-0.1, -0.05) is 17.7 Å². The van der Waals surface area contributed by atoms with E-state index in [1.165, 1.54) is 0 Å². The summed E-state index contributed by atoms with van der Waals surface area (Å²) in [7, 11) is 3.24. The van der Waals surface area contributed by atoms with Gasteiger partial charge in [0, 0.05) is 33.4 Å². The number of amides is 1. The van der Waals surface area contributed by atoms with Crippen molar-refractivity contribution in [2.45, 2.75) is 6.42 Å². The summed E-state index contributed by atoms with van der Waals surface area (Å²) in [6, 6.07) is 3.69. The zero-order chi connectivity index (χ0) is 16.2. The average Bonchev–Trinajstić information content (AvgIpc) is 2.52. The lowest BCUT2D eigenvalue weighted by molar-refractivity contribution is -0.120. The molecule has 0 fully saturated rings. The van der Waals surface area contributed by atoms with E-state index in [9.17, 15) is 4.79 Å². The highest BCUT2D eigenvalue weighted by Gasteiger charge is 2.03. The Balaban J connectivity index is 2.22. The molecule has 0 aromatic carbocycles. The number of nitrogens with one attached hydrogen (secondary N) is 3. The molecule has 0 atom stereocenters. The van der Waals surface area contributed by atoms with Crippen LogP contribution in [-0.2, 0) is 16.0 Å². The maximum atomic E-state index is 11.5. The van der Waals surface area contributed by atoms with Crippen molar-refractivity contribution in [1.29, 1.82) is 0 Å². The molecule has 8 heteroatoms. The predicted octanol–water partition coefficient (Wildman–Crippen LogP) is 0.205. The van der Waals surface area contributed by atoms with Gasteiger partial charge in [-0.15, -0.1) is 0 Å². The first-order valence-corrected chi connectivity index (χ1v) is 7.34. The Morgan fingerprint density at radius 3 is 2.77 bits per heavy atom. The molecule has 0 saturated heterocycles. The average molecular weight is 328 g/mol. The number of pyridine rings is 1. The van der Waals surface area contributed by atoms with Crippen molar-refractivity contribution in [3.8, 4) is 0 Å². The fraction of sp³-hybridized carbons (Fsp3) is 0.500. The van der Waals surface area contributed by atoms with E-state index >= 15 is 0 Å². The maximum absolute atomic E-state index is 11.5. The minimum atomic E-state index is -0.109. The normalized spacial score (nSPS) is 11.1. The Morgan fingerprint density at radius 2 is 2.14 bits per heavy atom. The highest BCUT2D eigenvalue weighted by atomic mass is 35.5. The number of methoxy groups -OCH3 is 1. The van der Waals surface area contributed by atoms with Crippen molar-refractivity contribution in [2.75, 3.05) is 40.4 Å². The Labute approximate surface area is 135 Å². The van der Waals surface area contributed by atoms with Gasteiger partial charge in [-0.3, -0.25) is 9.79 Å². The molecule has 3 N–H and O–H groups in total. The van der Waals surface area contributed by atoms with Crippen molar-refractivity contribution in [2.24, 2.45) is 4.99 Å². The number of hydrogen-bond donors (Lipinski definition) is 3. The van der Waals surface area contributed by atoms with Gasteiger partial charge in [0.1, 0.15) is 5.15 Å². The number of aromatic nitrogens is 1. The second-order valence-electron chi connectivity index (χ2n) is 4.43. The molecule has 7 nitrogen and oxygen atoms in total. The van der Waals surface area contributed by atoms with Crippen molar-refractivity contribution in [1.82, 2.24) is 20.9 Å². The first-order chi connectivity index (χ1) is 10.7. The zero-order valence-electron chi connectivity index (χ0n) is 12.9. The Hall–Kier alpha value is -1.86. The van der Waals surface area contributed by atoms with Crippen molar-refractivity contribution < 1.29 is 9.53 Å². The summed E-state index contributed by atoms with van der Waals surface area (Å²) in [6.45, 7) is 1.82. The maximum Gasteiger partial charge on any atom is 0.239 e. The predicted molar refractivity (Wildman–Crippen MR) is 87.2 cm³/mol. The van der Waals surface area contributed by atoms with Crippen LogP contribution in [0.2, 0.25) is 5.15 Å². The van der Waals surface area contributed by atoms with Crippen LogP contribution in [0, 0.1) is 0 Å². The summed E-state index contributed by atoms with van der Waals surface area (Å²) in [5.41, 5.74) is 1.07. The van der Waals surface area contributed by atoms with E-state index in [1.54, 1.807) is 26.4 Å². The third kappa shape index (κ3) is 7.80. The van der Waals surface area contributed by atoms with Gasteiger partial charge in [-0.25, -0.2) is 4.98 Å². The van der Waals surface area contributed by atoms with E-state index in [0.717, 1.165) is 12.0 Å². The molecule has 1 heterocycles. The molecular weight excluding hydrogens is 306 g/mol. The van der Waals surface area contributed by atoms with E-state index < -0.39 is 0 Å². The van der Waals surface area contributed by atoms with Crippen LogP contribution in [0.25, 0.3) is 0 Å². The number of ether oxygens (including phenoxy) is 1. The van der Waals surface area contributed by atoms with Gasteiger partial charge in [0.2, 0.25) is 5.91 Å². The quantitative estimate of drug-likeness (QED) is 0.275. The van der Waals surface area contributed by atoms with E-state index in [4.69, 9.17) is 16.3 Å². The molecule has 122 valence electrons. The minimum absolute atomic E-state index is 0.109. The topological polar surface area (TPSA) is 87.6 Å². The number of carbonyl (C=O) groups is 1. The van der Waals surface area contributed by atoms with Crippen LogP contribution < -0.4 is 16.0 Å². The van der Waals surface area contributed by atoms with E-state index in [2.05, 4.69) is 25.9 Å². The van der Waals surface area contributed by atoms with Crippen LogP contribution in [-0.4, -0.2) is 57.2 Å². The summed E-state index contributed by atoms with van der Waals surface area (Å²) >= 11 is 5.73. The SMILES string of the molecule is CN=C(NCCc1ccc(Cl)nc1)NCC(=O)NCCOC. The van der Waals surface area contributed by atoms with Crippen LogP contribution in [0.3, 0.4) is 0 Å². The van der Waals surface area contributed by atoms with Crippen molar-refractivity contribution in [3.05, 3.63) is 29.0 Å². The molecule has 0 spiro atoms. The van der Waals surface area contributed by atoms with Gasteiger partial charge in [0.25, 0.3) is 0 Å². The van der Waals surface area contributed by atoms with Crippen LogP contribution in [0.4, 0.5) is 0 Å². The molecule has 0 radical (unpaired) electrons. The first kappa shape index (κ1) is 18.2. The molecule has 1 rings (SSSR count). The number of carbonyl (C=O) groups excluding carboxylic acids is 1. The van der Waals surface area contributed by atoms with E-state index in [-0.39, 0.29) is 12.5 Å². The highest BCUT2D eigenvalue weighted by molar-refractivity contribution is 6.29. The number of aliphatic imine (C=N–C) groups is 1. The summed E-state index contributed by atoms with van der Waals surface area (Å²) in [4.78, 5) is 19.6. The second-order valence-corrected chi connectivity index (χ2v) is 4.82. The van der Waals surface area contributed by atoms with Gasteiger partial charge in [-0.05, 0) is 18.1 Å². The largest absolute Gasteiger partial charge is 0.383 e. The molecule has 0 aliphatic rings. The fourth-order valence-corrected chi connectivity index (χ4v) is 1.73. The molecule has 1 aromatic heterocycles. The molecule has 1 amide bonds. The molecule has 22 heavy (non-hydrogen) atoms. The molecule has 0 aliphatic carbocycles. The number of rotatable bonds is 8. The fourth-order valence-electron chi connectivity index (χ4n) is 1.62. The lowest BCUT2D eigenvalue weighted by atomic mass is 10.2. The van der Waals surface area contributed by atoms with Crippen LogP contribution in [0.5, 0.6) is 0 Å². The minimum Gasteiger partial charge on any atom is -0.383 e. The third-order valence-electron chi connectivity index (χ3n) is 2.76. The number of guanidine groups is 1. The molecule has 0 saturated carbocycles. The smallest absolute Gasteiger partial charge is 0.239 e. The van der Waals surface area contributed by atoms with E-state index in [1.807, 2.05) is 6.07 Å². The third-order valence-corrected chi connectivity index (χ3v) is 2.99. The first-order valence-electron chi connectivity index (χ1n) is 6.96. The molecule has 0 bridgehead atoms. The summed E-state index contributed by atoms with van der Waals surface area (Å²) in [5.74, 6) is 0.464. The molecular formula is C14H22ClN5O2. The number of hydrogen-bond acceptors (Lipinski definition) is 4. The van der Waals surface area contributed by atoms with Gasteiger partial charge in [0.05, 0.1) is 13.2 Å². The zero-order valence-corrected chi connectivity index (χ0v) is 13.6. The molecule has 0 unspecified atom stereocenters. The van der Waals surface area contributed by atoms with Gasteiger partial charge in [-0.2, -0.15) is 0 Å². The number of nitrogens with zero attached hydrogens (tertiary/aromatic N) is 2. The summed E-state index contributed by atoms with van der Waals surface area (Å²) < 4.78 is 4.86. The van der Waals surface area contributed by atoms with Crippen LogP contribution in [0.1, 0.15) is 5.56 Å². The van der Waals surface area contributed by atoms with Crippen molar-refractivity contribution >= 4 is 23.5 Å². The lowest BCUT2D eigenvalue weighted by Crippen LogP contribution is -2.44. The summed E-state index contributed by atoms with van der Waals surface area (Å²) in [6.07, 6.45) is 2.52. The Bertz CT molecular complexity index is 479. The van der Waals surface area contributed by atoms with E-state index in [0.29, 0.717) is 30.8 Å². The Kier molecular flexibility index (Phi) is 8.94. The highest BCUT2D eigenvalue weighted by Crippen LogP contribution is 2.05. The molecule has 1 aromatic rings. The monoisotopic (exact) mass is 327 g/mol.